The first-order valence-electron chi connectivity index (χ1n) is 6.82. The van der Waals surface area contributed by atoms with E-state index in [1.165, 1.54) is 0 Å². The molecule has 104 valence electrons. The summed E-state index contributed by atoms with van der Waals surface area (Å²) >= 11 is 0. The van der Waals surface area contributed by atoms with Gasteiger partial charge in [-0.1, -0.05) is 25.8 Å². The lowest BCUT2D eigenvalue weighted by Gasteiger charge is -2.17. The molecule has 18 heavy (non-hydrogen) atoms. The van der Waals surface area contributed by atoms with Crippen LogP contribution < -0.4 is 0 Å². The summed E-state index contributed by atoms with van der Waals surface area (Å²) < 4.78 is 5.66. The Kier molecular flexibility index (Phi) is 6.72. The van der Waals surface area contributed by atoms with Gasteiger partial charge in [0.25, 0.3) is 5.09 Å². The topological polar surface area (TPSA) is 61.6 Å². The van der Waals surface area contributed by atoms with Crippen molar-refractivity contribution in [3.63, 3.8) is 0 Å². The fourth-order valence-electron chi connectivity index (χ4n) is 2.41. The van der Waals surface area contributed by atoms with Gasteiger partial charge in [0.05, 0.1) is 11.9 Å². The quantitative estimate of drug-likeness (QED) is 0.379. The summed E-state index contributed by atoms with van der Waals surface area (Å²) in [7, 11) is 0. The second kappa shape index (κ2) is 8.08. The number of nitrogens with zero attached hydrogens (tertiary/aromatic N) is 1. The maximum absolute atomic E-state index is 10.5. The van der Waals surface area contributed by atoms with Crippen LogP contribution in [0.4, 0.5) is 0 Å². The second-order valence-electron chi connectivity index (χ2n) is 4.64. The SMILES string of the molecule is CCCC/C(=C/[C@H]1CCC[C@@H]1OCC)O[N+](=O)[O-]. The molecule has 0 spiro atoms. The van der Waals surface area contributed by atoms with E-state index in [0.29, 0.717) is 18.8 Å². The van der Waals surface area contributed by atoms with Crippen molar-refractivity contribution < 1.29 is 14.7 Å². The van der Waals surface area contributed by atoms with E-state index < -0.39 is 5.09 Å². The minimum absolute atomic E-state index is 0.196. The molecule has 1 saturated carbocycles. The number of ether oxygens (including phenoxy) is 1. The molecule has 5 nitrogen and oxygen atoms in total. The molecular formula is C13H23NO4. The maximum atomic E-state index is 10.5. The van der Waals surface area contributed by atoms with E-state index in [4.69, 9.17) is 4.74 Å². The van der Waals surface area contributed by atoms with Crippen LogP contribution in [0, 0.1) is 16.0 Å². The number of allylic oxidation sites excluding steroid dienone is 1. The summed E-state index contributed by atoms with van der Waals surface area (Å²) in [6.45, 7) is 4.72. The molecule has 0 aromatic carbocycles. The number of rotatable bonds is 8. The zero-order chi connectivity index (χ0) is 13.4. The first kappa shape index (κ1) is 15.0. The molecule has 1 rings (SSSR count). The van der Waals surface area contributed by atoms with Gasteiger partial charge in [0, 0.05) is 12.5 Å². The molecule has 0 aromatic heterocycles. The smallest absolute Gasteiger partial charge is 0.299 e. The summed E-state index contributed by atoms with van der Waals surface area (Å²) in [6, 6.07) is 0. The minimum Gasteiger partial charge on any atom is -0.378 e. The third kappa shape index (κ3) is 5.04. The van der Waals surface area contributed by atoms with Crippen molar-refractivity contribution in [1.29, 1.82) is 0 Å². The van der Waals surface area contributed by atoms with Gasteiger partial charge >= 0.3 is 0 Å². The van der Waals surface area contributed by atoms with Gasteiger partial charge in [-0.2, -0.15) is 0 Å². The molecule has 0 heterocycles. The predicted octanol–water partition coefficient (Wildman–Crippen LogP) is 3.47. The zero-order valence-electron chi connectivity index (χ0n) is 11.3. The van der Waals surface area contributed by atoms with Crippen molar-refractivity contribution in [3.8, 4) is 0 Å². The fourth-order valence-corrected chi connectivity index (χ4v) is 2.41. The van der Waals surface area contributed by atoms with Crippen molar-refractivity contribution in [3.05, 3.63) is 21.9 Å². The van der Waals surface area contributed by atoms with Gasteiger partial charge in [-0.3, -0.25) is 4.84 Å². The summed E-state index contributed by atoms with van der Waals surface area (Å²) in [5.74, 6) is 0.746. The fraction of sp³-hybridized carbons (Fsp3) is 0.846. The van der Waals surface area contributed by atoms with Crippen LogP contribution >= 0.6 is 0 Å². The Hall–Kier alpha value is -1.10. The molecule has 2 atom stereocenters. The highest BCUT2D eigenvalue weighted by Gasteiger charge is 2.26. The van der Waals surface area contributed by atoms with Gasteiger partial charge in [0.1, 0.15) is 0 Å². The van der Waals surface area contributed by atoms with Gasteiger partial charge in [0.15, 0.2) is 0 Å². The third-order valence-electron chi connectivity index (χ3n) is 3.25. The average molecular weight is 257 g/mol. The van der Waals surface area contributed by atoms with Crippen molar-refractivity contribution in [2.45, 2.75) is 58.5 Å². The predicted molar refractivity (Wildman–Crippen MR) is 68.4 cm³/mol. The standard InChI is InChI=1S/C13H23NO4/c1-3-5-8-12(18-14(15)16)10-11-7-6-9-13(11)17-4-2/h10-11,13H,3-9H2,1-2H3/b12-10-/t11-,13+/m1/s1. The van der Waals surface area contributed by atoms with Crippen LogP contribution in [0.25, 0.3) is 0 Å². The summed E-state index contributed by atoms with van der Waals surface area (Å²) in [5, 5.41) is 9.75. The number of hydrogen-bond donors (Lipinski definition) is 0. The Morgan fingerprint density at radius 1 is 1.44 bits per heavy atom. The first-order valence-corrected chi connectivity index (χ1v) is 6.82. The lowest BCUT2D eigenvalue weighted by atomic mass is 10.0. The lowest BCUT2D eigenvalue weighted by molar-refractivity contribution is -0.743. The van der Waals surface area contributed by atoms with Crippen molar-refractivity contribution in [1.82, 2.24) is 0 Å². The van der Waals surface area contributed by atoms with Gasteiger partial charge in [0.2, 0.25) is 0 Å². The Bertz CT molecular complexity index is 291. The summed E-state index contributed by atoms with van der Waals surface area (Å²) in [6.07, 6.45) is 7.82. The monoisotopic (exact) mass is 257 g/mol. The van der Waals surface area contributed by atoms with Crippen LogP contribution in [0.5, 0.6) is 0 Å². The number of hydrogen-bond acceptors (Lipinski definition) is 4. The van der Waals surface area contributed by atoms with Crippen LogP contribution in [0.15, 0.2) is 11.8 Å². The van der Waals surface area contributed by atoms with E-state index in [2.05, 4.69) is 11.8 Å². The van der Waals surface area contributed by atoms with Crippen LogP contribution in [0.3, 0.4) is 0 Å². The van der Waals surface area contributed by atoms with E-state index in [1.807, 2.05) is 13.0 Å². The van der Waals surface area contributed by atoms with Crippen molar-refractivity contribution in [2.24, 2.45) is 5.92 Å². The van der Waals surface area contributed by atoms with E-state index in [0.717, 1.165) is 32.1 Å². The molecule has 5 heteroatoms. The highest BCUT2D eigenvalue weighted by Crippen LogP contribution is 2.31. The maximum Gasteiger partial charge on any atom is 0.299 e. The zero-order valence-corrected chi connectivity index (χ0v) is 11.3. The molecule has 1 fully saturated rings. The minimum atomic E-state index is -0.716. The molecule has 1 aliphatic carbocycles. The highest BCUT2D eigenvalue weighted by atomic mass is 17.0. The second-order valence-corrected chi connectivity index (χ2v) is 4.64. The third-order valence-corrected chi connectivity index (χ3v) is 3.25. The molecule has 0 N–H and O–H groups in total. The van der Waals surface area contributed by atoms with Crippen LogP contribution in [0.1, 0.15) is 52.4 Å². The largest absolute Gasteiger partial charge is 0.378 e. The Labute approximate surface area is 108 Å². The van der Waals surface area contributed by atoms with Crippen LogP contribution in [0.2, 0.25) is 0 Å². The number of unbranched alkanes of at least 4 members (excludes halogenated alkanes) is 1. The average Bonchev–Trinajstić information content (AvgIpc) is 2.73. The van der Waals surface area contributed by atoms with Gasteiger partial charge in [-0.15, -0.1) is 10.1 Å². The summed E-state index contributed by atoms with van der Waals surface area (Å²) in [5.41, 5.74) is 0. The van der Waals surface area contributed by atoms with Crippen molar-refractivity contribution in [2.75, 3.05) is 6.61 Å². The van der Waals surface area contributed by atoms with E-state index in [-0.39, 0.29) is 12.0 Å². The lowest BCUT2D eigenvalue weighted by Crippen LogP contribution is -2.17. The Morgan fingerprint density at radius 3 is 2.83 bits per heavy atom. The molecule has 0 saturated heterocycles. The molecule has 0 unspecified atom stereocenters. The molecule has 1 aliphatic rings. The molecule has 0 amide bonds. The van der Waals surface area contributed by atoms with Gasteiger partial charge in [-0.05, 0) is 32.6 Å². The van der Waals surface area contributed by atoms with E-state index in [1.54, 1.807) is 0 Å². The van der Waals surface area contributed by atoms with Gasteiger partial charge < -0.3 is 4.74 Å². The first-order chi connectivity index (χ1) is 8.67. The molecule has 0 bridgehead atoms. The molecule has 0 aromatic rings. The van der Waals surface area contributed by atoms with Crippen LogP contribution in [-0.2, 0) is 9.57 Å². The molecular weight excluding hydrogens is 234 g/mol. The van der Waals surface area contributed by atoms with E-state index in [9.17, 15) is 10.1 Å². The summed E-state index contributed by atoms with van der Waals surface area (Å²) in [4.78, 5) is 15.1. The Morgan fingerprint density at radius 2 is 2.22 bits per heavy atom. The normalized spacial score (nSPS) is 24.2. The van der Waals surface area contributed by atoms with Gasteiger partial charge in [-0.25, -0.2) is 0 Å². The molecule has 0 radical (unpaired) electrons. The van der Waals surface area contributed by atoms with Crippen LogP contribution in [-0.4, -0.2) is 17.8 Å². The van der Waals surface area contributed by atoms with Crippen molar-refractivity contribution >= 4 is 0 Å². The van der Waals surface area contributed by atoms with E-state index >= 15 is 0 Å². The highest BCUT2D eigenvalue weighted by molar-refractivity contribution is 5.01. The Balaban J connectivity index is 2.63. The molecule has 0 aliphatic heterocycles.